The standard InChI is InChI=1S/C27H25F3N4O4/c1-3-16-15-23(35)34(33-24(16)20-8-9-21(22(14-20)37-2)38-27(28,29)30)26(31)19-6-4-17(5-7-19)25(36)18-10-12-32-13-11-18/h4-14,16,26H,3,15,31H2,1-2H3. The molecule has 0 bridgehead atoms. The molecule has 2 unspecified atom stereocenters. The third-order valence-corrected chi connectivity index (χ3v) is 6.18. The molecule has 0 aliphatic carbocycles. The third-order valence-electron chi connectivity index (χ3n) is 6.18. The quantitative estimate of drug-likeness (QED) is 0.421. The highest BCUT2D eigenvalue weighted by Crippen LogP contribution is 2.35. The number of benzene rings is 2. The van der Waals surface area contributed by atoms with E-state index in [9.17, 15) is 22.8 Å². The van der Waals surface area contributed by atoms with Crippen molar-refractivity contribution in [2.75, 3.05) is 7.11 Å². The minimum absolute atomic E-state index is 0.116. The topological polar surface area (TPSA) is 107 Å². The SMILES string of the molecule is CCC1CC(=O)N(C(N)c2ccc(C(=O)c3ccncc3)cc2)N=C1c1ccc(OC(F)(F)F)c(OC)c1. The second kappa shape index (κ2) is 11.0. The first-order chi connectivity index (χ1) is 18.1. The van der Waals surface area contributed by atoms with Crippen LogP contribution in [0.3, 0.4) is 0 Å². The van der Waals surface area contributed by atoms with E-state index in [0.29, 0.717) is 34.4 Å². The maximum atomic E-state index is 13.0. The number of carbonyl (C=O) groups is 2. The van der Waals surface area contributed by atoms with Crippen LogP contribution in [-0.4, -0.2) is 40.9 Å². The van der Waals surface area contributed by atoms with Crippen molar-refractivity contribution in [3.8, 4) is 11.5 Å². The second-order valence-corrected chi connectivity index (χ2v) is 8.58. The Morgan fingerprint density at radius 2 is 1.74 bits per heavy atom. The van der Waals surface area contributed by atoms with Crippen molar-refractivity contribution in [2.45, 2.75) is 32.3 Å². The number of ketones is 1. The van der Waals surface area contributed by atoms with Crippen LogP contribution in [0.2, 0.25) is 0 Å². The molecule has 198 valence electrons. The number of aromatic nitrogens is 1. The first-order valence-electron chi connectivity index (χ1n) is 11.8. The number of rotatable bonds is 8. The Morgan fingerprint density at radius 1 is 1.08 bits per heavy atom. The number of nitrogens with two attached hydrogens (primary N) is 1. The maximum absolute atomic E-state index is 13.0. The Morgan fingerprint density at radius 3 is 2.34 bits per heavy atom. The first kappa shape index (κ1) is 26.8. The summed E-state index contributed by atoms with van der Waals surface area (Å²) in [6.07, 6.45) is -2.07. The molecule has 1 aliphatic rings. The van der Waals surface area contributed by atoms with Gasteiger partial charge in [-0.3, -0.25) is 14.6 Å². The van der Waals surface area contributed by atoms with E-state index in [1.165, 1.54) is 31.6 Å². The van der Waals surface area contributed by atoms with Crippen molar-refractivity contribution in [3.63, 3.8) is 0 Å². The summed E-state index contributed by atoms with van der Waals surface area (Å²) in [5.41, 5.74) is 8.86. The zero-order valence-corrected chi connectivity index (χ0v) is 20.6. The van der Waals surface area contributed by atoms with Gasteiger partial charge in [-0.15, -0.1) is 13.2 Å². The van der Waals surface area contributed by atoms with E-state index in [0.717, 1.165) is 11.1 Å². The van der Waals surface area contributed by atoms with Gasteiger partial charge >= 0.3 is 6.36 Å². The summed E-state index contributed by atoms with van der Waals surface area (Å²) < 4.78 is 47.4. The molecule has 1 aliphatic heterocycles. The molecule has 38 heavy (non-hydrogen) atoms. The van der Waals surface area contributed by atoms with Crippen molar-refractivity contribution in [1.82, 2.24) is 9.99 Å². The fourth-order valence-electron chi connectivity index (χ4n) is 4.18. The van der Waals surface area contributed by atoms with E-state index in [2.05, 4.69) is 14.8 Å². The van der Waals surface area contributed by atoms with Gasteiger partial charge in [0.1, 0.15) is 6.17 Å². The predicted octanol–water partition coefficient (Wildman–Crippen LogP) is 4.84. The molecule has 0 saturated carbocycles. The molecule has 0 radical (unpaired) electrons. The average molecular weight is 527 g/mol. The van der Waals surface area contributed by atoms with Crippen LogP contribution in [-0.2, 0) is 4.79 Å². The van der Waals surface area contributed by atoms with Crippen LogP contribution in [0, 0.1) is 5.92 Å². The monoisotopic (exact) mass is 526 g/mol. The smallest absolute Gasteiger partial charge is 0.493 e. The minimum atomic E-state index is -4.88. The number of nitrogens with zero attached hydrogens (tertiary/aromatic N) is 3. The lowest BCUT2D eigenvalue weighted by molar-refractivity contribution is -0.275. The number of hydrogen-bond donors (Lipinski definition) is 1. The van der Waals surface area contributed by atoms with Crippen LogP contribution in [0.4, 0.5) is 13.2 Å². The van der Waals surface area contributed by atoms with Gasteiger partial charge in [0.15, 0.2) is 17.3 Å². The summed E-state index contributed by atoms with van der Waals surface area (Å²) in [7, 11) is 1.23. The number of halogens is 3. The van der Waals surface area contributed by atoms with Crippen LogP contribution in [0.5, 0.6) is 11.5 Å². The molecule has 2 atom stereocenters. The zero-order valence-electron chi connectivity index (χ0n) is 20.6. The van der Waals surface area contributed by atoms with E-state index in [1.807, 2.05) is 6.92 Å². The highest BCUT2D eigenvalue weighted by molar-refractivity contribution is 6.09. The summed E-state index contributed by atoms with van der Waals surface area (Å²) in [5, 5.41) is 5.69. The van der Waals surface area contributed by atoms with Gasteiger partial charge in [0.2, 0.25) is 5.91 Å². The molecule has 11 heteroatoms. The fraction of sp³-hybridized carbons (Fsp3) is 0.259. The van der Waals surface area contributed by atoms with Crippen LogP contribution in [0.25, 0.3) is 0 Å². The number of hydrazone groups is 1. The Labute approximate surface area is 216 Å². The highest BCUT2D eigenvalue weighted by Gasteiger charge is 2.35. The average Bonchev–Trinajstić information content (AvgIpc) is 2.92. The van der Waals surface area contributed by atoms with Crippen molar-refractivity contribution in [1.29, 1.82) is 0 Å². The zero-order chi connectivity index (χ0) is 27.4. The Hall–Kier alpha value is -4.25. The summed E-state index contributed by atoms with van der Waals surface area (Å²) in [6.45, 7) is 1.89. The van der Waals surface area contributed by atoms with Crippen molar-refractivity contribution >= 4 is 17.4 Å². The molecule has 2 heterocycles. The molecular weight excluding hydrogens is 501 g/mol. The molecule has 3 aromatic rings. The van der Waals surface area contributed by atoms with Gasteiger partial charge in [-0.1, -0.05) is 31.2 Å². The Bertz CT molecular complexity index is 1340. The molecule has 2 aromatic carbocycles. The van der Waals surface area contributed by atoms with Gasteiger partial charge in [-0.05, 0) is 42.3 Å². The van der Waals surface area contributed by atoms with Gasteiger partial charge in [0.25, 0.3) is 0 Å². The van der Waals surface area contributed by atoms with Crippen LogP contribution in [0.15, 0.2) is 72.1 Å². The lowest BCUT2D eigenvalue weighted by atomic mass is 9.89. The predicted molar refractivity (Wildman–Crippen MR) is 132 cm³/mol. The van der Waals surface area contributed by atoms with E-state index in [4.69, 9.17) is 10.5 Å². The summed E-state index contributed by atoms with van der Waals surface area (Å²) in [5.74, 6) is -1.36. The summed E-state index contributed by atoms with van der Waals surface area (Å²) >= 11 is 0. The largest absolute Gasteiger partial charge is 0.573 e. The van der Waals surface area contributed by atoms with Gasteiger partial charge in [0.05, 0.1) is 12.8 Å². The summed E-state index contributed by atoms with van der Waals surface area (Å²) in [6, 6.07) is 13.8. The molecule has 0 saturated heterocycles. The van der Waals surface area contributed by atoms with E-state index < -0.39 is 18.3 Å². The number of pyridine rings is 1. The summed E-state index contributed by atoms with van der Waals surface area (Å²) in [4.78, 5) is 29.5. The second-order valence-electron chi connectivity index (χ2n) is 8.58. The number of hydrogen-bond acceptors (Lipinski definition) is 7. The van der Waals surface area contributed by atoms with E-state index in [-0.39, 0.29) is 29.8 Å². The Balaban J connectivity index is 1.62. The lowest BCUT2D eigenvalue weighted by Crippen LogP contribution is -2.42. The fourth-order valence-corrected chi connectivity index (χ4v) is 4.18. The highest BCUT2D eigenvalue weighted by atomic mass is 19.4. The molecule has 1 amide bonds. The molecular formula is C27H25F3N4O4. The van der Waals surface area contributed by atoms with Crippen LogP contribution >= 0.6 is 0 Å². The van der Waals surface area contributed by atoms with Crippen molar-refractivity contribution in [3.05, 3.63) is 89.2 Å². The molecule has 4 rings (SSSR count). The van der Waals surface area contributed by atoms with Crippen molar-refractivity contribution < 1.29 is 32.2 Å². The van der Waals surface area contributed by atoms with Gasteiger partial charge in [-0.25, -0.2) is 5.01 Å². The molecule has 0 spiro atoms. The maximum Gasteiger partial charge on any atom is 0.573 e. The lowest BCUT2D eigenvalue weighted by Gasteiger charge is -2.33. The van der Waals surface area contributed by atoms with Crippen LogP contribution in [0.1, 0.15) is 53.0 Å². The Kier molecular flexibility index (Phi) is 7.77. The number of carbonyl (C=O) groups excluding carboxylic acids is 2. The first-order valence-corrected chi connectivity index (χ1v) is 11.8. The van der Waals surface area contributed by atoms with E-state index >= 15 is 0 Å². The number of alkyl halides is 3. The molecule has 8 nitrogen and oxygen atoms in total. The minimum Gasteiger partial charge on any atom is -0.493 e. The third kappa shape index (κ3) is 5.83. The van der Waals surface area contributed by atoms with Gasteiger partial charge in [-0.2, -0.15) is 5.10 Å². The van der Waals surface area contributed by atoms with Gasteiger partial charge in [0, 0.05) is 41.4 Å². The number of methoxy groups -OCH3 is 1. The van der Waals surface area contributed by atoms with E-state index in [1.54, 1.807) is 36.4 Å². The molecule has 2 N–H and O–H groups in total. The molecule has 1 aromatic heterocycles. The van der Waals surface area contributed by atoms with Gasteiger partial charge < -0.3 is 15.2 Å². The number of ether oxygens (including phenoxy) is 2. The normalized spacial score (nSPS) is 16.6. The number of amides is 1. The van der Waals surface area contributed by atoms with Crippen LogP contribution < -0.4 is 15.2 Å². The van der Waals surface area contributed by atoms with Crippen molar-refractivity contribution in [2.24, 2.45) is 16.8 Å². The molecule has 0 fully saturated rings.